The summed E-state index contributed by atoms with van der Waals surface area (Å²) in [6, 6.07) is 16.3. The summed E-state index contributed by atoms with van der Waals surface area (Å²) in [5.41, 5.74) is 1.96. The van der Waals surface area contributed by atoms with Gasteiger partial charge in [-0.05, 0) is 36.2 Å². The van der Waals surface area contributed by atoms with E-state index in [0.29, 0.717) is 5.69 Å². The van der Waals surface area contributed by atoms with Crippen molar-refractivity contribution in [2.24, 2.45) is 0 Å². The van der Waals surface area contributed by atoms with Crippen molar-refractivity contribution < 1.29 is 26.8 Å². The second kappa shape index (κ2) is 7.21. The number of anilines is 2. The predicted molar refractivity (Wildman–Crippen MR) is 118 cm³/mol. The number of halogens is 2. The molecule has 0 unspecified atom stereocenters. The van der Waals surface area contributed by atoms with Crippen LogP contribution in [0.15, 0.2) is 66.7 Å². The predicted octanol–water partition coefficient (Wildman–Crippen LogP) is 3.43. The van der Waals surface area contributed by atoms with E-state index in [4.69, 9.17) is 0 Å². The van der Waals surface area contributed by atoms with E-state index in [1.165, 1.54) is 11.0 Å². The first kappa shape index (κ1) is 21.3. The second-order valence-corrected chi connectivity index (χ2v) is 10.2. The van der Waals surface area contributed by atoms with E-state index >= 15 is 0 Å². The van der Waals surface area contributed by atoms with E-state index in [0.717, 1.165) is 34.2 Å². The van der Waals surface area contributed by atoms with Gasteiger partial charge in [-0.1, -0.05) is 42.5 Å². The molecule has 0 N–H and O–H groups in total. The molecular formula is C24H18F2N2O4S. The van der Waals surface area contributed by atoms with Crippen LogP contribution in [0.1, 0.15) is 16.7 Å². The van der Waals surface area contributed by atoms with Gasteiger partial charge in [-0.2, -0.15) is 0 Å². The molecule has 6 nitrogen and oxygen atoms in total. The first-order valence-corrected chi connectivity index (χ1v) is 11.8. The average molecular weight is 468 g/mol. The first-order chi connectivity index (χ1) is 15.7. The molecule has 2 amide bonds. The van der Waals surface area contributed by atoms with Gasteiger partial charge in [0.25, 0.3) is 10.8 Å². The highest BCUT2D eigenvalue weighted by atomic mass is 32.2. The summed E-state index contributed by atoms with van der Waals surface area (Å²) in [6.07, 6.45) is 0. The molecule has 0 saturated carbocycles. The van der Waals surface area contributed by atoms with Crippen LogP contribution < -0.4 is 9.80 Å². The number of hydrogen-bond acceptors (Lipinski definition) is 4. The van der Waals surface area contributed by atoms with Crippen LogP contribution in [0.3, 0.4) is 0 Å². The van der Waals surface area contributed by atoms with Gasteiger partial charge in [0.2, 0.25) is 5.91 Å². The quantitative estimate of drug-likeness (QED) is 0.590. The Balaban J connectivity index is 1.75. The fraction of sp³-hybridized carbons (Fsp3) is 0.167. The minimum atomic E-state index is -4.38. The highest BCUT2D eigenvalue weighted by molar-refractivity contribution is 7.94. The maximum Gasteiger partial charge on any atom is 0.274 e. The minimum Gasteiger partial charge on any atom is -0.304 e. The Morgan fingerprint density at radius 1 is 0.939 bits per heavy atom. The van der Waals surface area contributed by atoms with E-state index in [1.807, 2.05) is 31.2 Å². The molecule has 2 aliphatic rings. The van der Waals surface area contributed by atoms with Crippen LogP contribution in [0, 0.1) is 18.6 Å². The number of para-hydroxylation sites is 1. The largest absolute Gasteiger partial charge is 0.304 e. The Morgan fingerprint density at radius 2 is 1.64 bits per heavy atom. The van der Waals surface area contributed by atoms with Crippen molar-refractivity contribution in [1.29, 1.82) is 0 Å². The Kier molecular flexibility index (Phi) is 4.65. The zero-order valence-corrected chi connectivity index (χ0v) is 18.3. The summed E-state index contributed by atoms with van der Waals surface area (Å²) in [4.78, 5) is 26.7. The summed E-state index contributed by atoms with van der Waals surface area (Å²) in [7, 11) is -4.38. The topological polar surface area (TPSA) is 74.8 Å². The lowest BCUT2D eigenvalue weighted by Crippen LogP contribution is -2.54. The van der Waals surface area contributed by atoms with Crippen molar-refractivity contribution in [3.05, 3.63) is 95.1 Å². The highest BCUT2D eigenvalue weighted by Gasteiger charge is 2.69. The van der Waals surface area contributed by atoms with Gasteiger partial charge in [-0.3, -0.25) is 14.5 Å². The Labute approximate surface area is 189 Å². The van der Waals surface area contributed by atoms with Gasteiger partial charge in [0.05, 0.1) is 12.2 Å². The van der Waals surface area contributed by atoms with Gasteiger partial charge in [0, 0.05) is 17.3 Å². The Morgan fingerprint density at radius 3 is 2.36 bits per heavy atom. The van der Waals surface area contributed by atoms with E-state index in [-0.39, 0.29) is 17.8 Å². The van der Waals surface area contributed by atoms with E-state index in [9.17, 15) is 26.8 Å². The maximum atomic E-state index is 14.1. The van der Waals surface area contributed by atoms with Crippen molar-refractivity contribution in [2.75, 3.05) is 15.6 Å². The third-order valence-electron chi connectivity index (χ3n) is 6.17. The maximum absolute atomic E-state index is 14.1. The van der Waals surface area contributed by atoms with Crippen molar-refractivity contribution >= 4 is 33.0 Å². The lowest BCUT2D eigenvalue weighted by atomic mass is 10.0. The zero-order valence-electron chi connectivity index (χ0n) is 17.5. The van der Waals surface area contributed by atoms with Gasteiger partial charge in [0.15, 0.2) is 21.5 Å². The molecule has 0 radical (unpaired) electrons. The van der Waals surface area contributed by atoms with Crippen LogP contribution in [0.25, 0.3) is 0 Å². The summed E-state index contributed by atoms with van der Waals surface area (Å²) >= 11 is 0. The van der Waals surface area contributed by atoms with Crippen molar-refractivity contribution in [3.8, 4) is 0 Å². The van der Waals surface area contributed by atoms with E-state index < -0.39 is 43.9 Å². The number of hydrogen-bond donors (Lipinski definition) is 0. The summed E-state index contributed by atoms with van der Waals surface area (Å²) in [6.45, 7) is 1.96. The molecule has 9 heteroatoms. The van der Waals surface area contributed by atoms with E-state index in [1.54, 1.807) is 18.2 Å². The molecular weight excluding hydrogens is 450 g/mol. The van der Waals surface area contributed by atoms with Gasteiger partial charge < -0.3 is 4.90 Å². The SMILES string of the molecule is Cc1ccccc1CN1C(=O)[C@]2(c3ccccc31)N(c1ccc(F)c(F)c1)C(=O)CS2(=O)=O. The average Bonchev–Trinajstić information content (AvgIpc) is 3.14. The van der Waals surface area contributed by atoms with Gasteiger partial charge in [0.1, 0.15) is 5.75 Å². The molecule has 0 aromatic heterocycles. The molecule has 1 saturated heterocycles. The Bertz CT molecular complexity index is 1440. The molecule has 1 fully saturated rings. The van der Waals surface area contributed by atoms with Gasteiger partial charge in [-0.15, -0.1) is 0 Å². The fourth-order valence-corrected chi connectivity index (χ4v) is 6.66. The third kappa shape index (κ3) is 2.85. The number of amides is 2. The fourth-order valence-electron chi connectivity index (χ4n) is 4.63. The van der Waals surface area contributed by atoms with Gasteiger partial charge in [-0.25, -0.2) is 17.2 Å². The molecule has 168 valence electrons. The first-order valence-electron chi connectivity index (χ1n) is 10.1. The summed E-state index contributed by atoms with van der Waals surface area (Å²) in [5.74, 6) is -5.05. The number of aryl methyl sites for hydroxylation is 1. The van der Waals surface area contributed by atoms with E-state index in [2.05, 4.69) is 0 Å². The standard InChI is InChI=1S/C24H18F2N2O4S/c1-15-6-2-3-7-16(15)13-27-21-9-5-4-8-18(21)24(23(27)30)28(22(29)14-33(24,31)32)17-10-11-19(25)20(26)12-17/h2-12H,13-14H2,1H3/t24-/m1/s1. The summed E-state index contributed by atoms with van der Waals surface area (Å²) in [5, 5.41) is 0. The molecule has 2 heterocycles. The minimum absolute atomic E-state index is 0.0829. The molecule has 0 bridgehead atoms. The molecule has 3 aromatic carbocycles. The monoisotopic (exact) mass is 468 g/mol. The zero-order chi connectivity index (χ0) is 23.5. The van der Waals surface area contributed by atoms with Crippen LogP contribution in [-0.2, 0) is 30.8 Å². The van der Waals surface area contributed by atoms with Crippen LogP contribution in [0.5, 0.6) is 0 Å². The lowest BCUT2D eigenvalue weighted by Gasteiger charge is -2.32. The molecule has 3 aromatic rings. The van der Waals surface area contributed by atoms with Gasteiger partial charge >= 0.3 is 0 Å². The molecule has 2 aliphatic heterocycles. The normalized spacial score (nSPS) is 21.2. The van der Waals surface area contributed by atoms with Crippen LogP contribution in [-0.4, -0.2) is 26.0 Å². The summed E-state index contributed by atoms with van der Waals surface area (Å²) < 4.78 is 54.6. The number of carbonyl (C=O) groups is 2. The second-order valence-electron chi connectivity index (χ2n) is 8.07. The van der Waals surface area contributed by atoms with Crippen molar-refractivity contribution in [3.63, 3.8) is 0 Å². The number of fused-ring (bicyclic) bond motifs is 2. The number of sulfone groups is 1. The van der Waals surface area contributed by atoms with Crippen LogP contribution in [0.2, 0.25) is 0 Å². The molecule has 5 rings (SSSR count). The molecule has 1 spiro atoms. The van der Waals surface area contributed by atoms with Crippen molar-refractivity contribution in [1.82, 2.24) is 0 Å². The lowest BCUT2D eigenvalue weighted by molar-refractivity contribution is -0.123. The van der Waals surface area contributed by atoms with Crippen LogP contribution >= 0.6 is 0 Å². The highest BCUT2D eigenvalue weighted by Crippen LogP contribution is 2.52. The molecule has 33 heavy (non-hydrogen) atoms. The number of rotatable bonds is 3. The van der Waals surface area contributed by atoms with Crippen LogP contribution in [0.4, 0.5) is 20.2 Å². The van der Waals surface area contributed by atoms with Crippen molar-refractivity contribution in [2.45, 2.75) is 18.3 Å². The Hall–Kier alpha value is -3.59. The third-order valence-corrected chi connectivity index (χ3v) is 8.28. The number of nitrogens with zero attached hydrogens (tertiary/aromatic N) is 2. The number of carbonyl (C=O) groups excluding carboxylic acids is 2. The molecule has 0 aliphatic carbocycles. The number of benzene rings is 3. The molecule has 1 atom stereocenters. The smallest absolute Gasteiger partial charge is 0.274 e.